The van der Waals surface area contributed by atoms with Crippen molar-refractivity contribution in [3.8, 4) is 0 Å². The van der Waals surface area contributed by atoms with Gasteiger partial charge < -0.3 is 15.8 Å². The Labute approximate surface area is 108 Å². The molecule has 0 aliphatic carbocycles. The van der Waals surface area contributed by atoms with Gasteiger partial charge in [-0.15, -0.1) is 0 Å². The van der Waals surface area contributed by atoms with Crippen LogP contribution in [0.3, 0.4) is 0 Å². The van der Waals surface area contributed by atoms with Crippen LogP contribution in [0, 0.1) is 5.41 Å². The largest absolute Gasteiger partial charge is 0.433 e. The zero-order chi connectivity index (χ0) is 14.6. The summed E-state index contributed by atoms with van der Waals surface area (Å²) in [6.45, 7) is 2.00. The average Bonchev–Trinajstić information content (AvgIpc) is 2.34. The van der Waals surface area contributed by atoms with Crippen LogP contribution in [-0.4, -0.2) is 30.6 Å². The highest BCUT2D eigenvalue weighted by molar-refractivity contribution is 5.99. The summed E-state index contributed by atoms with van der Waals surface area (Å²) in [7, 11) is 1.48. The van der Waals surface area contributed by atoms with Gasteiger partial charge in [-0.1, -0.05) is 0 Å². The first-order valence-electron chi connectivity index (χ1n) is 5.45. The summed E-state index contributed by atoms with van der Waals surface area (Å²) < 4.78 is 42.7. The van der Waals surface area contributed by atoms with Crippen LogP contribution in [0.2, 0.25) is 0 Å². The molecule has 1 aromatic rings. The van der Waals surface area contributed by atoms with Gasteiger partial charge >= 0.3 is 6.18 Å². The summed E-state index contributed by atoms with van der Waals surface area (Å²) in [6, 6.07) is 1.92. The molecule has 1 rings (SSSR count). The standard InChI is InChI=1S/C11H15F3N4O/c1-6(19-2)5-17-10-7(9(15)16)3-4-8(18-10)11(12,13)14/h3-4,6H,5H2,1-2H3,(H3,15,16)(H,17,18). The summed E-state index contributed by atoms with van der Waals surface area (Å²) in [5, 5.41) is 10.0. The third-order valence-electron chi connectivity index (χ3n) is 2.44. The molecule has 0 spiro atoms. The minimum absolute atomic E-state index is 0.0776. The number of hydrogen-bond acceptors (Lipinski definition) is 4. The molecule has 0 aromatic carbocycles. The molecule has 0 radical (unpaired) electrons. The van der Waals surface area contributed by atoms with Gasteiger partial charge in [0, 0.05) is 13.7 Å². The molecule has 0 saturated heterocycles. The zero-order valence-electron chi connectivity index (χ0n) is 10.5. The van der Waals surface area contributed by atoms with Crippen LogP contribution < -0.4 is 11.1 Å². The molecule has 19 heavy (non-hydrogen) atoms. The molecule has 0 aliphatic rings. The van der Waals surface area contributed by atoms with Crippen molar-refractivity contribution >= 4 is 11.7 Å². The van der Waals surface area contributed by atoms with Crippen molar-refractivity contribution in [3.63, 3.8) is 0 Å². The number of halogens is 3. The molecule has 1 unspecified atom stereocenters. The number of methoxy groups -OCH3 is 1. The maximum atomic E-state index is 12.6. The molecule has 0 saturated carbocycles. The van der Waals surface area contributed by atoms with Crippen LogP contribution in [0.25, 0.3) is 0 Å². The number of ether oxygens (including phenoxy) is 1. The average molecular weight is 276 g/mol. The van der Waals surface area contributed by atoms with E-state index in [9.17, 15) is 13.2 Å². The summed E-state index contributed by atoms with van der Waals surface area (Å²) in [6.07, 6.45) is -4.75. The topological polar surface area (TPSA) is 84.0 Å². The summed E-state index contributed by atoms with van der Waals surface area (Å²) >= 11 is 0. The highest BCUT2D eigenvalue weighted by Crippen LogP contribution is 2.29. The Morgan fingerprint density at radius 3 is 2.63 bits per heavy atom. The van der Waals surface area contributed by atoms with Crippen molar-refractivity contribution in [1.29, 1.82) is 5.41 Å². The Bertz CT molecular complexity index is 462. The van der Waals surface area contributed by atoms with E-state index in [4.69, 9.17) is 15.9 Å². The fourth-order valence-corrected chi connectivity index (χ4v) is 1.29. The van der Waals surface area contributed by atoms with E-state index in [1.54, 1.807) is 6.92 Å². The Balaban J connectivity index is 3.06. The fourth-order valence-electron chi connectivity index (χ4n) is 1.29. The molecular formula is C11H15F3N4O. The molecule has 0 bridgehead atoms. The maximum absolute atomic E-state index is 12.6. The van der Waals surface area contributed by atoms with Crippen LogP contribution >= 0.6 is 0 Å². The first-order valence-corrected chi connectivity index (χ1v) is 5.45. The van der Waals surface area contributed by atoms with E-state index >= 15 is 0 Å². The molecule has 1 heterocycles. The Kier molecular flexibility index (Phi) is 4.71. The number of alkyl halides is 3. The number of nitrogens with one attached hydrogen (secondary N) is 2. The summed E-state index contributed by atoms with van der Waals surface area (Å²) in [4.78, 5) is 3.46. The predicted molar refractivity (Wildman–Crippen MR) is 65.2 cm³/mol. The number of rotatable bonds is 5. The number of anilines is 1. The third kappa shape index (κ3) is 4.09. The smallest absolute Gasteiger partial charge is 0.384 e. The lowest BCUT2D eigenvalue weighted by Crippen LogP contribution is -2.23. The van der Waals surface area contributed by atoms with Gasteiger partial charge in [0.1, 0.15) is 17.3 Å². The lowest BCUT2D eigenvalue weighted by molar-refractivity contribution is -0.141. The van der Waals surface area contributed by atoms with Gasteiger partial charge in [-0.2, -0.15) is 13.2 Å². The molecule has 1 aromatic heterocycles. The quantitative estimate of drug-likeness (QED) is 0.566. The van der Waals surface area contributed by atoms with E-state index in [1.807, 2.05) is 0 Å². The SMILES string of the molecule is COC(C)CNc1nc(C(F)(F)F)ccc1C(=N)N. The van der Waals surface area contributed by atoms with Crippen LogP contribution in [-0.2, 0) is 10.9 Å². The molecule has 0 amide bonds. The van der Waals surface area contributed by atoms with Crippen molar-refractivity contribution in [2.45, 2.75) is 19.2 Å². The van der Waals surface area contributed by atoms with E-state index in [-0.39, 0.29) is 29.9 Å². The zero-order valence-corrected chi connectivity index (χ0v) is 10.5. The van der Waals surface area contributed by atoms with Gasteiger partial charge in [-0.3, -0.25) is 5.41 Å². The number of hydrogen-bond donors (Lipinski definition) is 3. The van der Waals surface area contributed by atoms with Crippen molar-refractivity contribution in [3.05, 3.63) is 23.4 Å². The first kappa shape index (κ1) is 15.2. The Morgan fingerprint density at radius 1 is 1.53 bits per heavy atom. The Morgan fingerprint density at radius 2 is 2.16 bits per heavy atom. The first-order chi connectivity index (χ1) is 8.75. The highest BCUT2D eigenvalue weighted by Gasteiger charge is 2.33. The summed E-state index contributed by atoms with van der Waals surface area (Å²) in [5.74, 6) is -0.431. The number of pyridine rings is 1. The molecule has 0 aliphatic heterocycles. The number of nitrogen functional groups attached to an aromatic ring is 1. The van der Waals surface area contributed by atoms with Gasteiger partial charge in [-0.05, 0) is 19.1 Å². The van der Waals surface area contributed by atoms with Crippen LogP contribution in [0.15, 0.2) is 12.1 Å². The molecule has 106 valence electrons. The summed E-state index contributed by atoms with van der Waals surface area (Å²) in [5.41, 5.74) is 4.39. The second-order valence-corrected chi connectivity index (χ2v) is 3.93. The number of nitrogens with two attached hydrogens (primary N) is 1. The molecule has 4 N–H and O–H groups in total. The number of amidine groups is 1. The van der Waals surface area contributed by atoms with Crippen molar-refractivity contribution < 1.29 is 17.9 Å². The van der Waals surface area contributed by atoms with Gasteiger partial charge in [0.05, 0.1) is 11.7 Å². The number of nitrogens with zero attached hydrogens (tertiary/aromatic N) is 1. The molecule has 0 fully saturated rings. The van der Waals surface area contributed by atoms with E-state index < -0.39 is 11.9 Å². The van der Waals surface area contributed by atoms with E-state index in [2.05, 4.69) is 10.3 Å². The lowest BCUT2D eigenvalue weighted by atomic mass is 10.2. The minimum atomic E-state index is -4.54. The van der Waals surface area contributed by atoms with Crippen LogP contribution in [0.1, 0.15) is 18.2 Å². The molecular weight excluding hydrogens is 261 g/mol. The van der Waals surface area contributed by atoms with Gasteiger partial charge in [0.2, 0.25) is 0 Å². The minimum Gasteiger partial charge on any atom is -0.384 e. The monoisotopic (exact) mass is 276 g/mol. The van der Waals surface area contributed by atoms with E-state index in [0.29, 0.717) is 0 Å². The van der Waals surface area contributed by atoms with Gasteiger partial charge in [0.15, 0.2) is 0 Å². The van der Waals surface area contributed by atoms with Crippen molar-refractivity contribution in [2.75, 3.05) is 19.0 Å². The maximum Gasteiger partial charge on any atom is 0.433 e. The predicted octanol–water partition coefficient (Wildman–Crippen LogP) is 1.83. The van der Waals surface area contributed by atoms with Gasteiger partial charge in [-0.25, -0.2) is 4.98 Å². The molecule has 1 atom stereocenters. The van der Waals surface area contributed by atoms with Crippen LogP contribution in [0.4, 0.5) is 19.0 Å². The normalized spacial score (nSPS) is 13.1. The van der Waals surface area contributed by atoms with Gasteiger partial charge in [0.25, 0.3) is 0 Å². The lowest BCUT2D eigenvalue weighted by Gasteiger charge is -2.15. The molecule has 5 nitrogen and oxygen atoms in total. The van der Waals surface area contributed by atoms with Crippen molar-refractivity contribution in [1.82, 2.24) is 4.98 Å². The van der Waals surface area contributed by atoms with E-state index in [1.165, 1.54) is 7.11 Å². The third-order valence-corrected chi connectivity index (χ3v) is 2.44. The molecule has 8 heteroatoms. The van der Waals surface area contributed by atoms with Crippen molar-refractivity contribution in [2.24, 2.45) is 5.73 Å². The second kappa shape index (κ2) is 5.87. The highest BCUT2D eigenvalue weighted by atomic mass is 19.4. The Hall–Kier alpha value is -1.83. The van der Waals surface area contributed by atoms with Crippen LogP contribution in [0.5, 0.6) is 0 Å². The number of aromatic nitrogens is 1. The second-order valence-electron chi connectivity index (χ2n) is 3.93. The fraction of sp³-hybridized carbons (Fsp3) is 0.455. The van der Waals surface area contributed by atoms with E-state index in [0.717, 1.165) is 12.1 Å².